The number of alkyl halides is 1. The SMILES string of the molecule is CCCc1ccc2c(c1F)Oc1c(cc(CCc3ccc(CCCF)cc3)c(F)c1F)C2. The van der Waals surface area contributed by atoms with Crippen molar-refractivity contribution in [1.29, 1.82) is 0 Å². The van der Waals surface area contributed by atoms with E-state index in [4.69, 9.17) is 4.74 Å². The highest BCUT2D eigenvalue weighted by molar-refractivity contribution is 5.53. The van der Waals surface area contributed by atoms with Gasteiger partial charge in [0.1, 0.15) is 0 Å². The van der Waals surface area contributed by atoms with Gasteiger partial charge in [-0.25, -0.2) is 8.78 Å². The van der Waals surface area contributed by atoms with Crippen LogP contribution in [-0.4, -0.2) is 6.67 Å². The summed E-state index contributed by atoms with van der Waals surface area (Å²) in [6, 6.07) is 12.9. The molecule has 1 heterocycles. The van der Waals surface area contributed by atoms with Gasteiger partial charge in [0.25, 0.3) is 0 Å². The Bertz CT molecular complexity index is 1110. The molecule has 0 aliphatic carbocycles. The maximum Gasteiger partial charge on any atom is 0.201 e. The quantitative estimate of drug-likeness (QED) is 0.258. The van der Waals surface area contributed by atoms with E-state index in [-0.39, 0.29) is 23.7 Å². The molecule has 0 bridgehead atoms. The van der Waals surface area contributed by atoms with Crippen molar-refractivity contribution in [2.24, 2.45) is 0 Å². The molecule has 3 aromatic rings. The van der Waals surface area contributed by atoms with Crippen molar-refractivity contribution < 1.29 is 22.3 Å². The van der Waals surface area contributed by atoms with Gasteiger partial charge in [0, 0.05) is 17.5 Å². The van der Waals surface area contributed by atoms with E-state index in [1.165, 1.54) is 0 Å². The summed E-state index contributed by atoms with van der Waals surface area (Å²) in [4.78, 5) is 0. The molecule has 1 aliphatic rings. The van der Waals surface area contributed by atoms with Crippen molar-refractivity contribution in [3.05, 3.63) is 93.3 Å². The van der Waals surface area contributed by atoms with E-state index in [9.17, 15) is 17.6 Å². The molecule has 5 heteroatoms. The molecule has 0 spiro atoms. The lowest BCUT2D eigenvalue weighted by Crippen LogP contribution is -2.11. The zero-order chi connectivity index (χ0) is 22.7. The smallest absolute Gasteiger partial charge is 0.201 e. The average Bonchev–Trinajstić information content (AvgIpc) is 2.81. The molecule has 0 fully saturated rings. The molecule has 0 N–H and O–H groups in total. The number of rotatable bonds is 8. The molecular weight excluding hydrogens is 416 g/mol. The first-order chi connectivity index (χ1) is 15.5. The molecule has 3 aromatic carbocycles. The van der Waals surface area contributed by atoms with Crippen molar-refractivity contribution >= 4 is 0 Å². The molecule has 0 saturated carbocycles. The Balaban J connectivity index is 1.53. The third kappa shape index (κ3) is 4.52. The molecule has 0 amide bonds. The fourth-order valence-corrected chi connectivity index (χ4v) is 4.22. The summed E-state index contributed by atoms with van der Waals surface area (Å²) in [6.07, 6.45) is 3.68. The number of benzene rings is 3. The van der Waals surface area contributed by atoms with Gasteiger partial charge in [0.2, 0.25) is 5.82 Å². The van der Waals surface area contributed by atoms with Crippen LogP contribution in [0, 0.1) is 17.5 Å². The van der Waals surface area contributed by atoms with Gasteiger partial charge in [-0.3, -0.25) is 4.39 Å². The van der Waals surface area contributed by atoms with Gasteiger partial charge >= 0.3 is 0 Å². The van der Waals surface area contributed by atoms with Crippen molar-refractivity contribution in [2.45, 2.75) is 51.9 Å². The van der Waals surface area contributed by atoms with E-state index >= 15 is 0 Å². The van der Waals surface area contributed by atoms with Gasteiger partial charge in [0.15, 0.2) is 23.1 Å². The summed E-state index contributed by atoms with van der Waals surface area (Å²) in [7, 11) is 0. The number of halogens is 4. The maximum absolute atomic E-state index is 14.9. The molecule has 1 aliphatic heterocycles. The predicted molar refractivity (Wildman–Crippen MR) is 118 cm³/mol. The van der Waals surface area contributed by atoms with Crippen molar-refractivity contribution in [1.82, 2.24) is 0 Å². The van der Waals surface area contributed by atoms with Crippen LogP contribution in [0.2, 0.25) is 0 Å². The second-order valence-corrected chi connectivity index (χ2v) is 8.32. The fourth-order valence-electron chi connectivity index (χ4n) is 4.22. The minimum Gasteiger partial charge on any atom is -0.450 e. The molecule has 0 aromatic heterocycles. The molecule has 168 valence electrons. The lowest BCUT2D eigenvalue weighted by molar-refractivity contribution is 0.377. The number of hydrogen-bond donors (Lipinski definition) is 0. The summed E-state index contributed by atoms with van der Waals surface area (Å²) >= 11 is 0. The third-order valence-corrected chi connectivity index (χ3v) is 5.98. The normalized spacial score (nSPS) is 12.3. The van der Waals surface area contributed by atoms with E-state index in [1.807, 2.05) is 31.2 Å². The van der Waals surface area contributed by atoms with E-state index in [2.05, 4.69) is 0 Å². The Kier molecular flexibility index (Phi) is 6.83. The van der Waals surface area contributed by atoms with E-state index in [1.54, 1.807) is 18.2 Å². The highest BCUT2D eigenvalue weighted by Gasteiger charge is 2.28. The van der Waals surface area contributed by atoms with Crippen LogP contribution in [0.1, 0.15) is 53.1 Å². The second kappa shape index (κ2) is 9.76. The van der Waals surface area contributed by atoms with Crippen LogP contribution in [-0.2, 0) is 32.1 Å². The summed E-state index contributed by atoms with van der Waals surface area (Å²) in [6.45, 7) is 1.61. The van der Waals surface area contributed by atoms with Crippen molar-refractivity contribution in [2.75, 3.05) is 6.67 Å². The van der Waals surface area contributed by atoms with Crippen LogP contribution >= 0.6 is 0 Å². The monoisotopic (exact) mass is 442 g/mol. The fraction of sp³-hybridized carbons (Fsp3) is 0.333. The van der Waals surface area contributed by atoms with Crippen molar-refractivity contribution in [3.63, 3.8) is 0 Å². The predicted octanol–water partition coefficient (Wildman–Crippen LogP) is 7.44. The van der Waals surface area contributed by atoms with Crippen LogP contribution in [0.3, 0.4) is 0 Å². The summed E-state index contributed by atoms with van der Waals surface area (Å²) in [5.74, 6) is -2.72. The summed E-state index contributed by atoms with van der Waals surface area (Å²) < 4.78 is 62.3. The van der Waals surface area contributed by atoms with E-state index in [0.717, 1.165) is 17.5 Å². The molecule has 32 heavy (non-hydrogen) atoms. The molecule has 1 nitrogen and oxygen atoms in total. The van der Waals surface area contributed by atoms with Gasteiger partial charge in [-0.15, -0.1) is 0 Å². The zero-order valence-corrected chi connectivity index (χ0v) is 18.1. The highest BCUT2D eigenvalue weighted by Crippen LogP contribution is 2.42. The Morgan fingerprint density at radius 2 is 1.41 bits per heavy atom. The highest BCUT2D eigenvalue weighted by atomic mass is 19.2. The topological polar surface area (TPSA) is 9.23 Å². The Morgan fingerprint density at radius 1 is 0.719 bits per heavy atom. The van der Waals surface area contributed by atoms with E-state index < -0.39 is 17.5 Å². The third-order valence-electron chi connectivity index (χ3n) is 5.98. The van der Waals surface area contributed by atoms with Crippen LogP contribution in [0.15, 0.2) is 42.5 Å². The first-order valence-corrected chi connectivity index (χ1v) is 11.1. The van der Waals surface area contributed by atoms with Crippen LogP contribution in [0.25, 0.3) is 0 Å². The van der Waals surface area contributed by atoms with Crippen LogP contribution in [0.5, 0.6) is 11.5 Å². The summed E-state index contributed by atoms with van der Waals surface area (Å²) in [5.41, 5.74) is 4.01. The van der Waals surface area contributed by atoms with Gasteiger partial charge in [-0.2, -0.15) is 4.39 Å². The van der Waals surface area contributed by atoms with Crippen LogP contribution in [0.4, 0.5) is 17.6 Å². The number of fused-ring (bicyclic) bond motifs is 2. The summed E-state index contributed by atoms with van der Waals surface area (Å²) in [5, 5.41) is 0. The Hall–Kier alpha value is -2.82. The number of hydrogen-bond acceptors (Lipinski definition) is 1. The molecular formula is C27H26F4O. The standard InChI is InChI=1S/C27H26F4O/c1-2-4-19-12-13-21-16-22-15-20(23(29)25(31)27(22)32-26(21)24(19)30)11-10-18-8-6-17(7-9-18)5-3-14-28/h6-9,12-13,15H,2-5,10-11,14,16H2,1H3. The largest absolute Gasteiger partial charge is 0.450 e. The minimum absolute atomic E-state index is 0.00218. The molecule has 0 saturated heterocycles. The van der Waals surface area contributed by atoms with Crippen molar-refractivity contribution in [3.8, 4) is 11.5 Å². The van der Waals surface area contributed by atoms with Gasteiger partial charge < -0.3 is 4.74 Å². The first-order valence-electron chi connectivity index (χ1n) is 11.1. The lowest BCUT2D eigenvalue weighted by Gasteiger charge is -2.23. The number of aryl methyl sites for hydroxylation is 4. The first kappa shape index (κ1) is 22.4. The van der Waals surface area contributed by atoms with Gasteiger partial charge in [-0.1, -0.05) is 49.7 Å². The number of ether oxygens (including phenoxy) is 1. The lowest BCUT2D eigenvalue weighted by atomic mass is 9.94. The maximum atomic E-state index is 14.9. The van der Waals surface area contributed by atoms with Gasteiger partial charge in [0.05, 0.1) is 6.67 Å². The average molecular weight is 442 g/mol. The van der Waals surface area contributed by atoms with Gasteiger partial charge in [-0.05, 0) is 60.4 Å². The molecule has 0 unspecified atom stereocenters. The second-order valence-electron chi connectivity index (χ2n) is 8.32. The Morgan fingerprint density at radius 3 is 2.09 bits per heavy atom. The zero-order valence-electron chi connectivity index (χ0n) is 18.1. The molecule has 4 rings (SSSR count). The molecule has 0 atom stereocenters. The molecule has 0 radical (unpaired) electrons. The van der Waals surface area contributed by atoms with Crippen LogP contribution < -0.4 is 4.74 Å². The van der Waals surface area contributed by atoms with E-state index in [0.29, 0.717) is 55.2 Å². The Labute approximate surface area is 186 Å². The minimum atomic E-state index is -1.06.